The van der Waals surface area contributed by atoms with Crippen LogP contribution in [0.2, 0.25) is 0 Å². The minimum Gasteiger partial charge on any atom is -0.465 e. The van der Waals surface area contributed by atoms with Crippen molar-refractivity contribution >= 4 is 23.2 Å². The lowest BCUT2D eigenvalue weighted by Crippen LogP contribution is -2.19. The van der Waals surface area contributed by atoms with Gasteiger partial charge >= 0.3 is 12.1 Å². The summed E-state index contributed by atoms with van der Waals surface area (Å²) in [5.41, 5.74) is -0.146. The molecule has 1 aliphatic heterocycles. The average molecular weight is 392 g/mol. The highest BCUT2D eigenvalue weighted by atomic mass is 19.4. The van der Waals surface area contributed by atoms with E-state index in [-0.39, 0.29) is 23.6 Å². The number of benzene rings is 1. The Bertz CT molecular complexity index is 967. The van der Waals surface area contributed by atoms with E-state index in [2.05, 4.69) is 15.7 Å². The fourth-order valence-corrected chi connectivity index (χ4v) is 4.03. The minimum absolute atomic E-state index is 0.00423. The topological polar surface area (TPSA) is 68.2 Å². The van der Waals surface area contributed by atoms with Crippen LogP contribution in [0.3, 0.4) is 0 Å². The lowest BCUT2D eigenvalue weighted by molar-refractivity contribution is -0.142. The lowest BCUT2D eigenvalue weighted by Gasteiger charge is -2.15. The molecule has 28 heavy (non-hydrogen) atoms. The number of fused-ring (bicyclic) bond motifs is 1. The Labute approximate surface area is 159 Å². The second kappa shape index (κ2) is 5.65. The van der Waals surface area contributed by atoms with E-state index < -0.39 is 17.2 Å². The van der Waals surface area contributed by atoms with E-state index >= 15 is 0 Å². The van der Waals surface area contributed by atoms with E-state index in [0.29, 0.717) is 23.8 Å². The Morgan fingerprint density at radius 2 is 2.07 bits per heavy atom. The number of carbonyl (C=O) groups is 1. The highest BCUT2D eigenvalue weighted by Gasteiger charge is 2.68. The van der Waals surface area contributed by atoms with E-state index in [1.807, 2.05) is 10.7 Å². The third-order valence-electron chi connectivity index (χ3n) is 5.84. The molecule has 3 fully saturated rings. The number of esters is 1. The SMILES string of the molecule is CNc1cc(Nc2cc([C@]34CC3COC4=O)nn2C2CC2)ccc1C(F)(F)F. The molecule has 2 aromatic rings. The number of hydrogen-bond acceptors (Lipinski definition) is 5. The number of aromatic nitrogens is 2. The normalized spacial score (nSPS) is 26.0. The zero-order valence-electron chi connectivity index (χ0n) is 15.1. The van der Waals surface area contributed by atoms with E-state index in [0.717, 1.165) is 25.3 Å². The zero-order chi connectivity index (χ0) is 19.7. The largest absolute Gasteiger partial charge is 0.465 e. The van der Waals surface area contributed by atoms with Crippen LogP contribution in [0.1, 0.15) is 36.6 Å². The molecule has 1 aromatic carbocycles. The molecule has 6 nitrogen and oxygen atoms in total. The summed E-state index contributed by atoms with van der Waals surface area (Å²) >= 11 is 0. The molecule has 0 radical (unpaired) electrons. The van der Waals surface area contributed by atoms with Gasteiger partial charge in [0.05, 0.1) is 23.9 Å². The van der Waals surface area contributed by atoms with Crippen molar-refractivity contribution in [1.29, 1.82) is 0 Å². The first-order valence-electron chi connectivity index (χ1n) is 9.26. The summed E-state index contributed by atoms with van der Waals surface area (Å²) in [4.78, 5) is 12.2. The van der Waals surface area contributed by atoms with Gasteiger partial charge in [-0.05, 0) is 37.5 Å². The standard InChI is InChI=1S/C19H19F3N4O2/c1-23-14-6-11(2-5-13(14)19(20,21)22)24-16-7-15(25-26(16)12-3-4-12)18-8-10(18)9-28-17(18)27/h2,5-7,10,12,23-24H,3-4,8-9H2,1H3/t10?,18-/m0/s1. The van der Waals surface area contributed by atoms with E-state index in [1.54, 1.807) is 0 Å². The maximum atomic E-state index is 13.1. The second-order valence-corrected chi connectivity index (χ2v) is 7.69. The van der Waals surface area contributed by atoms with Crippen LogP contribution in [-0.4, -0.2) is 29.4 Å². The molecule has 0 bridgehead atoms. The quantitative estimate of drug-likeness (QED) is 0.757. The molecule has 1 unspecified atom stereocenters. The summed E-state index contributed by atoms with van der Waals surface area (Å²) in [6.45, 7) is 0.433. The van der Waals surface area contributed by atoms with Crippen LogP contribution in [-0.2, 0) is 21.1 Å². The van der Waals surface area contributed by atoms with Crippen LogP contribution < -0.4 is 10.6 Å². The molecule has 0 amide bonds. The summed E-state index contributed by atoms with van der Waals surface area (Å²) in [6.07, 6.45) is -1.70. The fourth-order valence-electron chi connectivity index (χ4n) is 4.03. The Morgan fingerprint density at radius 3 is 2.64 bits per heavy atom. The van der Waals surface area contributed by atoms with Crippen LogP contribution in [0.4, 0.5) is 30.4 Å². The molecule has 2 saturated carbocycles. The Morgan fingerprint density at radius 1 is 1.29 bits per heavy atom. The predicted octanol–water partition coefficient (Wildman–Crippen LogP) is 3.84. The number of nitrogens with zero attached hydrogens (tertiary/aromatic N) is 2. The first-order chi connectivity index (χ1) is 13.3. The van der Waals surface area contributed by atoms with Crippen LogP contribution in [0.25, 0.3) is 0 Å². The van der Waals surface area contributed by atoms with Gasteiger partial charge in [0.25, 0.3) is 0 Å². The predicted molar refractivity (Wildman–Crippen MR) is 95.5 cm³/mol. The van der Waals surface area contributed by atoms with Crippen molar-refractivity contribution < 1.29 is 22.7 Å². The second-order valence-electron chi connectivity index (χ2n) is 7.69. The number of rotatable bonds is 5. The van der Waals surface area contributed by atoms with Crippen molar-refractivity contribution in [3.8, 4) is 0 Å². The minimum atomic E-state index is -4.43. The van der Waals surface area contributed by atoms with Gasteiger partial charge in [0, 0.05) is 30.4 Å². The van der Waals surface area contributed by atoms with Gasteiger partial charge in [0.15, 0.2) is 0 Å². The summed E-state index contributed by atoms with van der Waals surface area (Å²) in [7, 11) is 1.46. The third-order valence-corrected chi connectivity index (χ3v) is 5.84. The molecule has 2 aliphatic carbocycles. The fraction of sp³-hybridized carbons (Fsp3) is 0.474. The van der Waals surface area contributed by atoms with Crippen LogP contribution in [0.15, 0.2) is 24.3 Å². The van der Waals surface area contributed by atoms with Gasteiger partial charge in [-0.2, -0.15) is 18.3 Å². The molecular weight excluding hydrogens is 373 g/mol. The Hall–Kier alpha value is -2.71. The summed E-state index contributed by atoms with van der Waals surface area (Å²) < 4.78 is 46.4. The molecule has 9 heteroatoms. The highest BCUT2D eigenvalue weighted by molar-refractivity contribution is 5.89. The summed E-state index contributed by atoms with van der Waals surface area (Å²) in [5.74, 6) is 0.632. The summed E-state index contributed by atoms with van der Waals surface area (Å²) in [6, 6.07) is 5.96. The number of alkyl halides is 3. The van der Waals surface area contributed by atoms with Gasteiger partial charge in [-0.1, -0.05) is 0 Å². The smallest absolute Gasteiger partial charge is 0.418 e. The van der Waals surface area contributed by atoms with Crippen molar-refractivity contribution in [2.24, 2.45) is 5.92 Å². The number of carbonyl (C=O) groups excluding carboxylic acids is 1. The monoisotopic (exact) mass is 392 g/mol. The maximum Gasteiger partial charge on any atom is 0.418 e. The molecule has 2 atom stereocenters. The van der Waals surface area contributed by atoms with Gasteiger partial charge in [0.2, 0.25) is 0 Å². The van der Waals surface area contributed by atoms with Crippen LogP contribution >= 0.6 is 0 Å². The molecule has 3 aliphatic rings. The van der Waals surface area contributed by atoms with Crippen LogP contribution in [0.5, 0.6) is 0 Å². The van der Waals surface area contributed by atoms with Gasteiger partial charge in [-0.25, -0.2) is 4.68 Å². The van der Waals surface area contributed by atoms with Crippen LogP contribution in [0, 0.1) is 5.92 Å². The molecule has 1 saturated heterocycles. The maximum absolute atomic E-state index is 13.1. The third kappa shape index (κ3) is 2.56. The number of halogens is 3. The number of ether oxygens (including phenoxy) is 1. The molecule has 2 N–H and O–H groups in total. The Kier molecular flexibility index (Phi) is 3.51. The van der Waals surface area contributed by atoms with Gasteiger partial charge < -0.3 is 15.4 Å². The first-order valence-corrected chi connectivity index (χ1v) is 9.26. The van der Waals surface area contributed by atoms with Gasteiger partial charge in [0.1, 0.15) is 11.2 Å². The Balaban J connectivity index is 1.48. The van der Waals surface area contributed by atoms with Gasteiger partial charge in [-0.3, -0.25) is 4.79 Å². The number of nitrogens with one attached hydrogen (secondary N) is 2. The van der Waals surface area contributed by atoms with Crippen molar-refractivity contribution in [3.05, 3.63) is 35.5 Å². The van der Waals surface area contributed by atoms with Crippen molar-refractivity contribution in [1.82, 2.24) is 9.78 Å². The molecule has 0 spiro atoms. The molecule has 5 rings (SSSR count). The first kappa shape index (κ1) is 17.4. The average Bonchev–Trinajstić information content (AvgIpc) is 3.56. The molecular formula is C19H19F3N4O2. The van der Waals surface area contributed by atoms with Gasteiger partial charge in [-0.15, -0.1) is 0 Å². The lowest BCUT2D eigenvalue weighted by atomic mass is 10.0. The van der Waals surface area contributed by atoms with Crippen molar-refractivity contribution in [2.45, 2.75) is 36.9 Å². The number of anilines is 3. The van der Waals surface area contributed by atoms with Crippen molar-refractivity contribution in [3.63, 3.8) is 0 Å². The van der Waals surface area contributed by atoms with E-state index in [9.17, 15) is 18.0 Å². The number of hydrogen-bond donors (Lipinski definition) is 2. The van der Waals surface area contributed by atoms with Crippen molar-refractivity contribution in [2.75, 3.05) is 24.3 Å². The molecule has 1 aromatic heterocycles. The molecule has 2 heterocycles. The number of cyclic esters (lactones) is 1. The molecule has 148 valence electrons. The van der Waals surface area contributed by atoms with E-state index in [4.69, 9.17) is 4.74 Å². The van der Waals surface area contributed by atoms with E-state index in [1.165, 1.54) is 19.2 Å². The summed E-state index contributed by atoms with van der Waals surface area (Å²) in [5, 5.41) is 10.5. The highest BCUT2D eigenvalue weighted by Crippen LogP contribution is 2.59. The zero-order valence-corrected chi connectivity index (χ0v) is 15.1.